The Labute approximate surface area is 219 Å². The Morgan fingerprint density at radius 2 is 1.60 bits per heavy atom. The molecule has 7 heteroatoms. The summed E-state index contributed by atoms with van der Waals surface area (Å²) in [5.74, 6) is 1.03. The fraction of sp³-hybridized carbons (Fsp3) is 0.464. The molecule has 3 rings (SSSR count). The fourth-order valence-electron chi connectivity index (χ4n) is 3.84. The summed E-state index contributed by atoms with van der Waals surface area (Å²) in [6.07, 6.45) is 7.29. The van der Waals surface area contributed by atoms with Crippen molar-refractivity contribution in [1.29, 1.82) is 0 Å². The standard InChI is InChI=1S/C28H37ClN4OS/c1-5-6-7-8-9-10-19-33-26(21-11-15-23(29)16-12-21)31-32-27(33)35-20-25(34)30-24-17-13-22(14-18-24)28(2,3)4/h11-18H,5-10,19-20H2,1-4H3,(H,30,34). The topological polar surface area (TPSA) is 59.8 Å². The van der Waals surface area contributed by atoms with Crippen LogP contribution in [0.4, 0.5) is 5.69 Å². The van der Waals surface area contributed by atoms with Crippen molar-refractivity contribution in [2.45, 2.75) is 83.3 Å². The molecule has 1 amide bonds. The van der Waals surface area contributed by atoms with Crippen LogP contribution in [-0.4, -0.2) is 26.4 Å². The van der Waals surface area contributed by atoms with Crippen molar-refractivity contribution in [1.82, 2.24) is 14.8 Å². The molecular formula is C28H37ClN4OS. The number of unbranched alkanes of at least 4 members (excludes halogenated alkanes) is 5. The number of carbonyl (C=O) groups excluding carboxylic acids is 1. The van der Waals surface area contributed by atoms with Crippen molar-refractivity contribution in [2.24, 2.45) is 0 Å². The molecule has 35 heavy (non-hydrogen) atoms. The van der Waals surface area contributed by atoms with E-state index in [0.29, 0.717) is 5.02 Å². The number of hydrogen-bond donors (Lipinski definition) is 1. The molecule has 0 saturated heterocycles. The minimum atomic E-state index is -0.0549. The van der Waals surface area contributed by atoms with Gasteiger partial charge in [-0.2, -0.15) is 0 Å². The second kappa shape index (κ2) is 13.1. The summed E-state index contributed by atoms with van der Waals surface area (Å²) in [7, 11) is 0. The summed E-state index contributed by atoms with van der Waals surface area (Å²) in [6, 6.07) is 15.7. The van der Waals surface area contributed by atoms with Gasteiger partial charge in [-0.1, -0.05) is 95.3 Å². The maximum absolute atomic E-state index is 12.6. The van der Waals surface area contributed by atoms with Crippen LogP contribution in [0.1, 0.15) is 71.8 Å². The highest BCUT2D eigenvalue weighted by atomic mass is 35.5. The molecule has 0 saturated carbocycles. The number of nitrogens with zero attached hydrogens (tertiary/aromatic N) is 3. The third-order valence-electron chi connectivity index (χ3n) is 5.92. The lowest BCUT2D eigenvalue weighted by Crippen LogP contribution is -2.15. The van der Waals surface area contributed by atoms with Crippen LogP contribution in [-0.2, 0) is 16.8 Å². The van der Waals surface area contributed by atoms with Crippen molar-refractivity contribution in [3.8, 4) is 11.4 Å². The monoisotopic (exact) mass is 512 g/mol. The molecule has 0 spiro atoms. The van der Waals surface area contributed by atoms with Crippen molar-refractivity contribution in [2.75, 3.05) is 11.1 Å². The maximum Gasteiger partial charge on any atom is 0.234 e. The summed E-state index contributed by atoms with van der Waals surface area (Å²) in [5.41, 5.74) is 3.10. The zero-order valence-electron chi connectivity index (χ0n) is 21.3. The molecule has 0 aliphatic rings. The first-order valence-electron chi connectivity index (χ1n) is 12.5. The van der Waals surface area contributed by atoms with E-state index in [9.17, 15) is 4.79 Å². The largest absolute Gasteiger partial charge is 0.325 e. The molecule has 0 aliphatic carbocycles. The van der Waals surface area contributed by atoms with Crippen LogP contribution in [0.25, 0.3) is 11.4 Å². The summed E-state index contributed by atoms with van der Waals surface area (Å²) in [6.45, 7) is 9.59. The van der Waals surface area contributed by atoms with Crippen molar-refractivity contribution in [3.05, 3.63) is 59.1 Å². The highest BCUT2D eigenvalue weighted by Crippen LogP contribution is 2.27. The molecule has 0 fully saturated rings. The molecule has 0 atom stereocenters. The van der Waals surface area contributed by atoms with Gasteiger partial charge in [-0.05, 0) is 53.8 Å². The third-order valence-corrected chi connectivity index (χ3v) is 7.14. The molecule has 2 aromatic carbocycles. The molecule has 0 aliphatic heterocycles. The third kappa shape index (κ3) is 8.39. The van der Waals surface area contributed by atoms with E-state index in [1.165, 1.54) is 49.4 Å². The maximum atomic E-state index is 12.6. The Morgan fingerprint density at radius 3 is 2.26 bits per heavy atom. The number of anilines is 1. The molecule has 5 nitrogen and oxygen atoms in total. The Morgan fingerprint density at radius 1 is 0.943 bits per heavy atom. The van der Waals surface area contributed by atoms with Crippen LogP contribution in [0, 0.1) is 0 Å². The van der Waals surface area contributed by atoms with Crippen LogP contribution in [0.15, 0.2) is 53.7 Å². The molecule has 0 radical (unpaired) electrons. The molecular weight excluding hydrogens is 476 g/mol. The zero-order chi connectivity index (χ0) is 25.3. The molecule has 188 valence electrons. The highest BCUT2D eigenvalue weighted by molar-refractivity contribution is 7.99. The number of halogens is 1. The molecule has 1 N–H and O–H groups in total. The van der Waals surface area contributed by atoms with Gasteiger partial charge in [0.1, 0.15) is 0 Å². The second-order valence-corrected chi connectivity index (χ2v) is 11.3. The molecule has 0 bridgehead atoms. The summed E-state index contributed by atoms with van der Waals surface area (Å²) >= 11 is 7.50. The number of benzene rings is 2. The Bertz CT molecular complexity index is 1070. The van der Waals surface area contributed by atoms with Crippen LogP contribution in [0.3, 0.4) is 0 Å². The first-order valence-corrected chi connectivity index (χ1v) is 13.9. The Kier molecular flexibility index (Phi) is 10.2. The Hall–Kier alpha value is -2.31. The number of amides is 1. The smallest absolute Gasteiger partial charge is 0.234 e. The fourth-order valence-corrected chi connectivity index (χ4v) is 4.73. The molecule has 1 aromatic heterocycles. The normalized spacial score (nSPS) is 11.6. The first kappa shape index (κ1) is 27.3. The van der Waals surface area contributed by atoms with Crippen molar-refractivity contribution in [3.63, 3.8) is 0 Å². The predicted molar refractivity (Wildman–Crippen MR) is 148 cm³/mol. The van der Waals surface area contributed by atoms with Gasteiger partial charge >= 0.3 is 0 Å². The minimum absolute atomic E-state index is 0.0549. The molecule has 1 heterocycles. The quantitative estimate of drug-likeness (QED) is 0.197. The van der Waals surface area contributed by atoms with Gasteiger partial charge in [-0.25, -0.2) is 0 Å². The van der Waals surface area contributed by atoms with Gasteiger partial charge in [0.05, 0.1) is 5.75 Å². The average Bonchev–Trinajstić information content (AvgIpc) is 3.23. The number of carbonyl (C=O) groups is 1. The van der Waals surface area contributed by atoms with E-state index >= 15 is 0 Å². The lowest BCUT2D eigenvalue weighted by molar-refractivity contribution is -0.113. The number of thioether (sulfide) groups is 1. The molecule has 0 unspecified atom stereocenters. The lowest BCUT2D eigenvalue weighted by Gasteiger charge is -2.19. The second-order valence-electron chi connectivity index (χ2n) is 9.90. The van der Waals surface area contributed by atoms with Gasteiger partial charge in [0, 0.05) is 22.8 Å². The number of nitrogens with one attached hydrogen (secondary N) is 1. The van der Waals surface area contributed by atoms with Gasteiger partial charge in [0.15, 0.2) is 11.0 Å². The van der Waals surface area contributed by atoms with Crippen LogP contribution < -0.4 is 5.32 Å². The van der Waals surface area contributed by atoms with Crippen LogP contribution in [0.5, 0.6) is 0 Å². The van der Waals surface area contributed by atoms with E-state index in [-0.39, 0.29) is 17.1 Å². The van der Waals surface area contributed by atoms with Gasteiger partial charge in [0.25, 0.3) is 0 Å². The van der Waals surface area contributed by atoms with Crippen LogP contribution in [0.2, 0.25) is 5.02 Å². The highest BCUT2D eigenvalue weighted by Gasteiger charge is 2.17. The van der Waals surface area contributed by atoms with Crippen LogP contribution >= 0.6 is 23.4 Å². The van der Waals surface area contributed by atoms with E-state index in [1.54, 1.807) is 0 Å². The number of rotatable bonds is 12. The van der Waals surface area contributed by atoms with Gasteiger partial charge in [0.2, 0.25) is 5.91 Å². The number of aromatic nitrogens is 3. The predicted octanol–water partition coefficient (Wildman–Crippen LogP) is 7.99. The lowest BCUT2D eigenvalue weighted by atomic mass is 9.87. The average molecular weight is 513 g/mol. The minimum Gasteiger partial charge on any atom is -0.325 e. The van der Waals surface area contributed by atoms with Gasteiger partial charge in [-0.3, -0.25) is 4.79 Å². The van der Waals surface area contributed by atoms with Crippen molar-refractivity contribution < 1.29 is 4.79 Å². The summed E-state index contributed by atoms with van der Waals surface area (Å²) < 4.78 is 2.14. The zero-order valence-corrected chi connectivity index (χ0v) is 22.9. The van der Waals surface area contributed by atoms with E-state index in [1.807, 2.05) is 36.4 Å². The summed E-state index contributed by atoms with van der Waals surface area (Å²) in [4.78, 5) is 12.6. The van der Waals surface area contributed by atoms with E-state index in [2.05, 4.69) is 59.9 Å². The molecule has 3 aromatic rings. The first-order chi connectivity index (χ1) is 16.8. The van der Waals surface area contributed by atoms with E-state index < -0.39 is 0 Å². The van der Waals surface area contributed by atoms with E-state index in [0.717, 1.165) is 35.2 Å². The Balaban J connectivity index is 1.64. The van der Waals surface area contributed by atoms with E-state index in [4.69, 9.17) is 11.6 Å². The number of hydrogen-bond acceptors (Lipinski definition) is 4. The van der Waals surface area contributed by atoms with Gasteiger partial charge in [-0.15, -0.1) is 10.2 Å². The van der Waals surface area contributed by atoms with Gasteiger partial charge < -0.3 is 9.88 Å². The SMILES string of the molecule is CCCCCCCCn1c(SCC(=O)Nc2ccc(C(C)(C)C)cc2)nnc1-c1ccc(Cl)cc1. The summed E-state index contributed by atoms with van der Waals surface area (Å²) in [5, 5.41) is 13.3. The van der Waals surface area contributed by atoms with Crippen molar-refractivity contribution >= 4 is 35.0 Å².